The van der Waals surface area contributed by atoms with Gasteiger partial charge in [0.25, 0.3) is 0 Å². The molecule has 0 unspecified atom stereocenters. The Bertz CT molecular complexity index is 115. The molecule has 7 heteroatoms. The molecule has 11 heavy (non-hydrogen) atoms. The summed E-state index contributed by atoms with van der Waals surface area (Å²) in [5.41, 5.74) is 8.94. The Kier molecular flexibility index (Phi) is 18.5. The lowest BCUT2D eigenvalue weighted by molar-refractivity contribution is -0.138. The molecule has 0 spiro atoms. The molecule has 0 aromatic heterocycles. The first-order valence-corrected chi connectivity index (χ1v) is 3.82. The molecule has 0 aromatic rings. The number of alkyl halides is 1. The predicted octanol–water partition coefficient (Wildman–Crippen LogP) is -1.04. The summed E-state index contributed by atoms with van der Waals surface area (Å²) in [5, 5.41) is 6.06. The van der Waals surface area contributed by atoms with Crippen molar-refractivity contribution in [1.29, 1.82) is 5.41 Å². The highest BCUT2D eigenvalue weighted by molar-refractivity contribution is 14.1. The fourth-order valence-corrected chi connectivity index (χ4v) is 0.515. The van der Waals surface area contributed by atoms with Crippen LogP contribution in [0.25, 0.3) is 0 Å². The van der Waals surface area contributed by atoms with Crippen molar-refractivity contribution in [2.45, 2.75) is 6.92 Å². The first kappa shape index (κ1) is 16.8. The number of hydrogen-bond donors (Lipinski definition) is 3. The number of rotatable bonds is 1. The molecule has 0 saturated heterocycles. The zero-order valence-corrected chi connectivity index (χ0v) is 8.21. The minimum Gasteiger partial charge on any atom is -0.455 e. The van der Waals surface area contributed by atoms with E-state index in [1.165, 1.54) is 6.92 Å². The number of carbonyl (C=O) groups excluding carboxylic acids is 1. The van der Waals surface area contributed by atoms with Crippen molar-refractivity contribution >= 4 is 34.5 Å². The number of guanidine groups is 1. The highest BCUT2D eigenvalue weighted by Gasteiger charge is 1.82. The average molecular weight is 277 g/mol. The molecule has 0 aliphatic carbocycles. The Hall–Kier alpha value is -0.570. The van der Waals surface area contributed by atoms with Gasteiger partial charge in [-0.05, 0) is 22.6 Å². The maximum absolute atomic E-state index is 9.82. The normalized spacial score (nSPS) is 6.36. The summed E-state index contributed by atoms with van der Waals surface area (Å²) in [6, 6.07) is 0. The van der Waals surface area contributed by atoms with Gasteiger partial charge in [0.05, 0.1) is 0 Å². The average Bonchev–Trinajstić information content (AvgIpc) is 1.62. The van der Waals surface area contributed by atoms with Gasteiger partial charge in [0.2, 0.25) is 0 Å². The first-order chi connectivity index (χ1) is 4.50. The quantitative estimate of drug-likeness (QED) is 0.185. The SMILES string of the molecule is CC(=O)OCI.N=C(N)N.O. The van der Waals surface area contributed by atoms with Crippen LogP contribution in [0.2, 0.25) is 0 Å². The second kappa shape index (κ2) is 12.1. The van der Waals surface area contributed by atoms with Gasteiger partial charge in [-0.1, -0.05) is 0 Å². The summed E-state index contributed by atoms with van der Waals surface area (Å²) in [5.74, 6) is -0.551. The van der Waals surface area contributed by atoms with Crippen LogP contribution in [0, 0.1) is 5.41 Å². The third-order valence-corrected chi connectivity index (χ3v) is 0.569. The van der Waals surface area contributed by atoms with Gasteiger partial charge >= 0.3 is 5.97 Å². The maximum atomic E-state index is 9.82. The molecule has 0 rings (SSSR count). The van der Waals surface area contributed by atoms with Crippen molar-refractivity contribution in [2.24, 2.45) is 11.5 Å². The highest BCUT2D eigenvalue weighted by atomic mass is 127. The van der Waals surface area contributed by atoms with E-state index < -0.39 is 0 Å². The monoisotopic (exact) mass is 277 g/mol. The molecular formula is C4H12IN3O3. The minimum atomic E-state index is -0.333. The number of ether oxygens (including phenoxy) is 1. The lowest BCUT2D eigenvalue weighted by Gasteiger charge is -1.88. The topological polar surface area (TPSA) is 134 Å². The summed E-state index contributed by atoms with van der Waals surface area (Å²) in [7, 11) is 0. The van der Waals surface area contributed by atoms with Crippen molar-refractivity contribution in [1.82, 2.24) is 0 Å². The van der Waals surface area contributed by atoms with E-state index >= 15 is 0 Å². The molecule has 0 heterocycles. The summed E-state index contributed by atoms with van der Waals surface area (Å²) in [4.78, 5) is 9.82. The second-order valence-electron chi connectivity index (χ2n) is 1.20. The van der Waals surface area contributed by atoms with E-state index in [9.17, 15) is 4.79 Å². The van der Waals surface area contributed by atoms with Crippen molar-refractivity contribution < 1.29 is 15.0 Å². The number of esters is 1. The van der Waals surface area contributed by atoms with Crippen LogP contribution in [-0.4, -0.2) is 22.0 Å². The van der Waals surface area contributed by atoms with E-state index in [1.807, 2.05) is 22.6 Å². The summed E-state index contributed by atoms with van der Waals surface area (Å²) in [6.45, 7) is 1.39. The third-order valence-electron chi connectivity index (χ3n) is 0.258. The molecular weight excluding hydrogens is 265 g/mol. The minimum absolute atomic E-state index is 0. The Morgan fingerprint density at radius 3 is 1.91 bits per heavy atom. The van der Waals surface area contributed by atoms with Gasteiger partial charge in [-0.3, -0.25) is 10.2 Å². The number of nitrogens with two attached hydrogens (primary N) is 2. The van der Waals surface area contributed by atoms with E-state index in [1.54, 1.807) is 0 Å². The molecule has 0 atom stereocenters. The summed E-state index contributed by atoms with van der Waals surface area (Å²) >= 11 is 1.96. The molecule has 0 aromatic carbocycles. The van der Waals surface area contributed by atoms with Crippen molar-refractivity contribution in [2.75, 3.05) is 4.61 Å². The fraction of sp³-hybridized carbons (Fsp3) is 0.500. The van der Waals surface area contributed by atoms with Gasteiger partial charge in [0.15, 0.2) is 5.96 Å². The Labute approximate surface area is 78.2 Å². The number of hydrogen-bond acceptors (Lipinski definition) is 3. The van der Waals surface area contributed by atoms with Crippen LogP contribution >= 0.6 is 22.6 Å². The number of halogens is 1. The van der Waals surface area contributed by atoms with E-state index in [0.717, 1.165) is 0 Å². The van der Waals surface area contributed by atoms with Crippen molar-refractivity contribution in [3.63, 3.8) is 0 Å². The van der Waals surface area contributed by atoms with Crippen molar-refractivity contribution in [3.8, 4) is 0 Å². The van der Waals surface area contributed by atoms with E-state index in [-0.39, 0.29) is 17.4 Å². The zero-order chi connectivity index (χ0) is 8.57. The molecule has 6 nitrogen and oxygen atoms in total. The van der Waals surface area contributed by atoms with Gasteiger partial charge in [-0.25, -0.2) is 0 Å². The molecule has 0 radical (unpaired) electrons. The van der Waals surface area contributed by atoms with Crippen LogP contribution in [0.15, 0.2) is 0 Å². The fourth-order valence-electron chi connectivity index (χ4n) is 0.0768. The van der Waals surface area contributed by atoms with Crippen molar-refractivity contribution in [3.05, 3.63) is 0 Å². The van der Waals surface area contributed by atoms with Crippen LogP contribution in [-0.2, 0) is 9.53 Å². The predicted molar refractivity (Wildman–Crippen MR) is 50.4 cm³/mol. The molecule has 0 aliphatic rings. The number of carbonyl (C=O) groups is 1. The smallest absolute Gasteiger partial charge is 0.303 e. The molecule has 68 valence electrons. The number of nitrogens with one attached hydrogen (secondary N) is 1. The van der Waals surface area contributed by atoms with Gasteiger partial charge in [-0.2, -0.15) is 0 Å². The lowest BCUT2D eigenvalue weighted by atomic mass is 10.8. The maximum Gasteiger partial charge on any atom is 0.303 e. The molecule has 0 bridgehead atoms. The van der Waals surface area contributed by atoms with Crippen LogP contribution in [0.3, 0.4) is 0 Å². The molecule has 0 amide bonds. The van der Waals surface area contributed by atoms with Gasteiger partial charge < -0.3 is 21.7 Å². The largest absolute Gasteiger partial charge is 0.455 e. The van der Waals surface area contributed by atoms with Crippen LogP contribution in [0.5, 0.6) is 0 Å². The van der Waals surface area contributed by atoms with E-state index in [4.69, 9.17) is 5.41 Å². The van der Waals surface area contributed by atoms with Gasteiger partial charge in [0, 0.05) is 6.92 Å². The standard InChI is InChI=1S/C3H5IO2.CH5N3.H2O/c1-3(5)6-2-4;2-1(3)4;/h2H2,1H3;(H5,2,3,4);1H2. The highest BCUT2D eigenvalue weighted by Crippen LogP contribution is 1.81. The lowest BCUT2D eigenvalue weighted by Crippen LogP contribution is -2.20. The molecule has 0 fully saturated rings. The van der Waals surface area contributed by atoms with E-state index in [2.05, 4.69) is 16.2 Å². The molecule has 0 saturated carbocycles. The van der Waals surface area contributed by atoms with Crippen LogP contribution in [0.4, 0.5) is 0 Å². The van der Waals surface area contributed by atoms with E-state index in [0.29, 0.717) is 4.61 Å². The van der Waals surface area contributed by atoms with Crippen LogP contribution in [0.1, 0.15) is 6.92 Å². The summed E-state index contributed by atoms with van der Waals surface area (Å²) < 4.78 is 4.84. The second-order valence-corrected chi connectivity index (χ2v) is 1.82. The van der Waals surface area contributed by atoms with Gasteiger partial charge in [-0.15, -0.1) is 0 Å². The molecule has 0 aliphatic heterocycles. The Morgan fingerprint density at radius 2 is 1.91 bits per heavy atom. The van der Waals surface area contributed by atoms with Crippen LogP contribution < -0.4 is 11.5 Å². The third kappa shape index (κ3) is 88.2. The Balaban J connectivity index is -0.000000114. The molecule has 7 N–H and O–H groups in total. The van der Waals surface area contributed by atoms with Gasteiger partial charge in [0.1, 0.15) is 4.61 Å². The first-order valence-electron chi connectivity index (χ1n) is 2.29. The summed E-state index contributed by atoms with van der Waals surface area (Å²) in [6.07, 6.45) is 0. The Morgan fingerprint density at radius 1 is 1.64 bits per heavy atom. The zero-order valence-electron chi connectivity index (χ0n) is 6.06.